The van der Waals surface area contributed by atoms with E-state index >= 15 is 0 Å². The summed E-state index contributed by atoms with van der Waals surface area (Å²) in [7, 11) is 0. The van der Waals surface area contributed by atoms with Crippen molar-refractivity contribution in [2.24, 2.45) is 69.5 Å². The van der Waals surface area contributed by atoms with Crippen LogP contribution in [0, 0.1) is 69.5 Å². The minimum atomic E-state index is -0.250. The predicted molar refractivity (Wildman–Crippen MR) is 171 cm³/mol. The Kier molecular flexibility index (Phi) is 7.59. The molecule has 0 spiro atoms. The third-order valence-electron chi connectivity index (χ3n) is 15.3. The lowest BCUT2D eigenvalue weighted by Gasteiger charge is -2.55. The average molecular weight is 636 g/mol. The van der Waals surface area contributed by atoms with Crippen LogP contribution in [0.15, 0.2) is 0 Å². The number of rotatable bonds is 12. The molecular formula is C39H57NO6. The molecular weight excluding hydrogens is 578 g/mol. The third kappa shape index (κ3) is 5.45. The van der Waals surface area contributed by atoms with Crippen LogP contribution in [0.4, 0.5) is 0 Å². The largest absolute Gasteiger partial charge is 0.464 e. The Morgan fingerprint density at radius 1 is 0.391 bits per heavy atom. The molecule has 46 heavy (non-hydrogen) atoms. The highest BCUT2D eigenvalue weighted by Gasteiger charge is 2.58. The van der Waals surface area contributed by atoms with Crippen LogP contribution in [0.1, 0.15) is 116 Å². The fourth-order valence-electron chi connectivity index (χ4n) is 14.7. The van der Waals surface area contributed by atoms with Crippen molar-refractivity contribution in [3.63, 3.8) is 0 Å². The summed E-state index contributed by atoms with van der Waals surface area (Å²) >= 11 is 0. The van der Waals surface area contributed by atoms with E-state index in [1.54, 1.807) is 0 Å². The first-order chi connectivity index (χ1) is 22.3. The molecule has 0 N–H and O–H groups in total. The molecule has 0 aromatic rings. The zero-order valence-electron chi connectivity index (χ0n) is 28.1. The molecule has 7 nitrogen and oxygen atoms in total. The molecule has 0 aliphatic heterocycles. The van der Waals surface area contributed by atoms with Crippen LogP contribution in [0.5, 0.6) is 0 Å². The summed E-state index contributed by atoms with van der Waals surface area (Å²) in [5.41, 5.74) is -0.749. The van der Waals surface area contributed by atoms with Gasteiger partial charge in [0.25, 0.3) is 0 Å². The number of esters is 3. The summed E-state index contributed by atoms with van der Waals surface area (Å²) in [6, 6.07) is 0. The van der Waals surface area contributed by atoms with E-state index in [1.165, 1.54) is 57.8 Å². The first-order valence-electron chi connectivity index (χ1n) is 19.5. The molecule has 0 radical (unpaired) electrons. The molecule has 7 heteroatoms. The maximum absolute atomic E-state index is 13.5. The summed E-state index contributed by atoms with van der Waals surface area (Å²) < 4.78 is 18.1. The van der Waals surface area contributed by atoms with E-state index < -0.39 is 0 Å². The Bertz CT molecular complexity index is 971. The van der Waals surface area contributed by atoms with Gasteiger partial charge in [-0.3, -0.25) is 19.3 Å². The van der Waals surface area contributed by atoms with Crippen LogP contribution >= 0.6 is 0 Å². The standard InChI is InChI=1S/C39H57NO6/c41-34(37-16-25-7-26(17-37)9-27(8-25)18-37)44-4-1-40(2-5-45-35(42)38-19-28-10-29(20-38)12-30(11-28)21-38)3-6-46-36(43)39-22-31-13-32(23-39)15-33(14-31)24-39/h25-33H,1-24H2. The number of carbonyl (C=O) groups is 3. The average Bonchev–Trinajstić information content (AvgIpc) is 2.98. The summed E-state index contributed by atoms with van der Waals surface area (Å²) in [6.45, 7) is 2.73. The van der Waals surface area contributed by atoms with Crippen LogP contribution < -0.4 is 0 Å². The number of nitrogens with zero attached hydrogens (tertiary/aromatic N) is 1. The highest BCUT2D eigenvalue weighted by Crippen LogP contribution is 2.62. The summed E-state index contributed by atoms with van der Waals surface area (Å²) in [5.74, 6) is 6.46. The van der Waals surface area contributed by atoms with E-state index in [0.717, 1.165) is 57.8 Å². The fraction of sp³-hybridized carbons (Fsp3) is 0.923. The van der Waals surface area contributed by atoms with E-state index in [2.05, 4.69) is 4.90 Å². The Labute approximate surface area is 275 Å². The number of hydrogen-bond donors (Lipinski definition) is 0. The van der Waals surface area contributed by atoms with Gasteiger partial charge in [0.2, 0.25) is 0 Å². The van der Waals surface area contributed by atoms with Gasteiger partial charge >= 0.3 is 17.9 Å². The van der Waals surface area contributed by atoms with Gasteiger partial charge in [0, 0.05) is 19.6 Å². The van der Waals surface area contributed by atoms with Crippen molar-refractivity contribution < 1.29 is 28.6 Å². The number of ether oxygens (including phenoxy) is 3. The molecule has 12 aliphatic carbocycles. The minimum absolute atomic E-state index is 0.0213. The van der Waals surface area contributed by atoms with Crippen LogP contribution in [0.3, 0.4) is 0 Å². The van der Waals surface area contributed by atoms with Crippen molar-refractivity contribution in [2.45, 2.75) is 116 Å². The summed E-state index contributed by atoms with van der Waals surface area (Å²) in [4.78, 5) is 42.7. The monoisotopic (exact) mass is 635 g/mol. The van der Waals surface area contributed by atoms with Crippen molar-refractivity contribution in [3.05, 3.63) is 0 Å². The van der Waals surface area contributed by atoms with E-state index in [4.69, 9.17) is 14.2 Å². The van der Waals surface area contributed by atoms with E-state index in [1.807, 2.05) is 0 Å². The SMILES string of the molecule is O=C(OCCN(CCOC(=O)C12CC3CC(CC(C3)C1)C2)CCOC(=O)C12CC3CC(CC(C3)C1)C2)C12CC3CC(CC(C3)C1)C2. The molecule has 0 unspecified atom stereocenters. The highest BCUT2D eigenvalue weighted by atomic mass is 16.5. The van der Waals surface area contributed by atoms with Gasteiger partial charge < -0.3 is 14.2 Å². The highest BCUT2D eigenvalue weighted by molar-refractivity contribution is 5.78. The molecule has 254 valence electrons. The third-order valence-corrected chi connectivity index (χ3v) is 15.3. The van der Waals surface area contributed by atoms with Crippen molar-refractivity contribution in [1.29, 1.82) is 0 Å². The maximum Gasteiger partial charge on any atom is 0.312 e. The second-order valence-corrected chi connectivity index (χ2v) is 18.8. The van der Waals surface area contributed by atoms with E-state index in [-0.39, 0.29) is 34.2 Å². The molecule has 0 amide bonds. The van der Waals surface area contributed by atoms with Gasteiger partial charge in [-0.1, -0.05) is 0 Å². The lowest BCUT2D eigenvalue weighted by molar-refractivity contribution is -0.173. The van der Waals surface area contributed by atoms with Gasteiger partial charge in [0.1, 0.15) is 19.8 Å². The van der Waals surface area contributed by atoms with Gasteiger partial charge in [0.05, 0.1) is 16.2 Å². The zero-order chi connectivity index (χ0) is 31.1. The molecule has 12 fully saturated rings. The normalized spacial score (nSPS) is 47.0. The Morgan fingerprint density at radius 3 is 0.783 bits per heavy atom. The van der Waals surface area contributed by atoms with Gasteiger partial charge in [-0.25, -0.2) is 0 Å². The van der Waals surface area contributed by atoms with Crippen molar-refractivity contribution in [3.8, 4) is 0 Å². The zero-order valence-corrected chi connectivity index (χ0v) is 28.1. The molecule has 12 aliphatic rings. The molecule has 0 atom stereocenters. The fourth-order valence-corrected chi connectivity index (χ4v) is 14.7. The lowest BCUT2D eigenvalue weighted by atomic mass is 9.49. The molecule has 0 heterocycles. The number of hydrogen-bond acceptors (Lipinski definition) is 7. The Hall–Kier alpha value is -1.63. The first kappa shape index (κ1) is 30.4. The van der Waals surface area contributed by atoms with Gasteiger partial charge in [0.15, 0.2) is 0 Å². The molecule has 12 saturated carbocycles. The predicted octanol–water partition coefficient (Wildman–Crippen LogP) is 6.57. The van der Waals surface area contributed by atoms with Crippen LogP contribution in [0.25, 0.3) is 0 Å². The van der Waals surface area contributed by atoms with Gasteiger partial charge in [-0.2, -0.15) is 0 Å². The lowest BCUT2D eigenvalue weighted by Crippen LogP contribution is -2.51. The van der Waals surface area contributed by atoms with E-state index in [0.29, 0.717) is 92.7 Å². The van der Waals surface area contributed by atoms with Crippen LogP contribution in [0.2, 0.25) is 0 Å². The Morgan fingerprint density at radius 2 is 0.587 bits per heavy atom. The van der Waals surface area contributed by atoms with Gasteiger partial charge in [-0.15, -0.1) is 0 Å². The van der Waals surface area contributed by atoms with Gasteiger partial charge in [-0.05, 0) is 169 Å². The Balaban J connectivity index is 0.800. The molecule has 0 saturated heterocycles. The quantitative estimate of drug-likeness (QED) is 0.177. The number of carbonyl (C=O) groups excluding carboxylic acids is 3. The minimum Gasteiger partial charge on any atom is -0.464 e. The molecule has 0 aromatic heterocycles. The first-order valence-corrected chi connectivity index (χ1v) is 19.5. The second kappa shape index (κ2) is 11.5. The summed E-state index contributed by atoms with van der Waals surface area (Å²) in [6.07, 6.45) is 20.9. The maximum atomic E-state index is 13.5. The topological polar surface area (TPSA) is 82.1 Å². The molecule has 12 rings (SSSR count). The smallest absolute Gasteiger partial charge is 0.312 e. The van der Waals surface area contributed by atoms with Crippen LogP contribution in [-0.2, 0) is 28.6 Å². The second-order valence-electron chi connectivity index (χ2n) is 18.8. The molecule has 12 bridgehead atoms. The molecule has 0 aromatic carbocycles. The van der Waals surface area contributed by atoms with Crippen molar-refractivity contribution in [2.75, 3.05) is 39.5 Å². The van der Waals surface area contributed by atoms with Crippen molar-refractivity contribution >= 4 is 17.9 Å². The van der Waals surface area contributed by atoms with Crippen molar-refractivity contribution in [1.82, 2.24) is 4.90 Å². The van der Waals surface area contributed by atoms with Crippen LogP contribution in [-0.4, -0.2) is 62.3 Å². The summed E-state index contributed by atoms with van der Waals surface area (Å²) in [5, 5.41) is 0. The van der Waals surface area contributed by atoms with E-state index in [9.17, 15) is 14.4 Å².